The summed E-state index contributed by atoms with van der Waals surface area (Å²) < 4.78 is 23.9. The van der Waals surface area contributed by atoms with E-state index in [1.807, 2.05) is 11.0 Å². The molecule has 132 valence electrons. The van der Waals surface area contributed by atoms with Crippen LogP contribution in [0.15, 0.2) is 35.2 Å². The minimum Gasteiger partial charge on any atom is -0.467 e. The Balaban J connectivity index is 1.42. The summed E-state index contributed by atoms with van der Waals surface area (Å²) in [4.78, 5) is 22.7. The molecule has 1 amide bonds. The second kappa shape index (κ2) is 6.79. The van der Waals surface area contributed by atoms with E-state index in [9.17, 15) is 9.18 Å². The van der Waals surface area contributed by atoms with Gasteiger partial charge in [-0.25, -0.2) is 14.4 Å². The molecular weight excluding hydrogens is 327 g/mol. The maximum Gasteiger partial charge on any atom is 0.226 e. The number of aromatic nitrogens is 2. The number of ether oxygens (including phenoxy) is 1. The van der Waals surface area contributed by atoms with Crippen LogP contribution in [-0.4, -0.2) is 42.2 Å². The van der Waals surface area contributed by atoms with Crippen molar-refractivity contribution < 1.29 is 18.3 Å². The highest BCUT2D eigenvalue weighted by Gasteiger charge is 2.44. The summed E-state index contributed by atoms with van der Waals surface area (Å²) in [5, 5.41) is 2.92. The van der Waals surface area contributed by atoms with Gasteiger partial charge in [0.15, 0.2) is 5.82 Å². The molecule has 0 aromatic carbocycles. The van der Waals surface area contributed by atoms with Gasteiger partial charge in [0, 0.05) is 19.0 Å². The number of fused-ring (bicyclic) bond motifs is 1. The van der Waals surface area contributed by atoms with Crippen molar-refractivity contribution in [3.63, 3.8) is 0 Å². The monoisotopic (exact) mass is 346 g/mol. The van der Waals surface area contributed by atoms with Crippen LogP contribution >= 0.6 is 0 Å². The summed E-state index contributed by atoms with van der Waals surface area (Å²) in [6, 6.07) is 3.61. The fourth-order valence-corrected chi connectivity index (χ4v) is 3.62. The molecule has 2 aliphatic heterocycles. The first-order valence-electron chi connectivity index (χ1n) is 8.31. The van der Waals surface area contributed by atoms with Gasteiger partial charge in [-0.3, -0.25) is 4.79 Å². The van der Waals surface area contributed by atoms with Crippen molar-refractivity contribution in [1.82, 2.24) is 15.3 Å². The van der Waals surface area contributed by atoms with E-state index in [1.165, 1.54) is 0 Å². The first-order valence-corrected chi connectivity index (χ1v) is 8.31. The number of hydrogen-bond acceptors (Lipinski definition) is 6. The van der Waals surface area contributed by atoms with Crippen molar-refractivity contribution in [2.45, 2.75) is 6.54 Å². The third-order valence-electron chi connectivity index (χ3n) is 4.88. The number of amides is 1. The molecule has 4 heterocycles. The fourth-order valence-electron chi connectivity index (χ4n) is 3.62. The lowest BCUT2D eigenvalue weighted by Crippen LogP contribution is -2.44. The Morgan fingerprint density at radius 1 is 1.32 bits per heavy atom. The third-order valence-corrected chi connectivity index (χ3v) is 4.88. The van der Waals surface area contributed by atoms with E-state index in [0.717, 1.165) is 18.2 Å². The number of rotatable bonds is 4. The number of nitrogens with zero attached hydrogens (tertiary/aromatic N) is 3. The molecule has 2 fully saturated rings. The van der Waals surface area contributed by atoms with Crippen LogP contribution in [0, 0.1) is 23.6 Å². The van der Waals surface area contributed by atoms with Crippen LogP contribution in [0.25, 0.3) is 0 Å². The number of halogens is 1. The van der Waals surface area contributed by atoms with E-state index < -0.39 is 5.82 Å². The van der Waals surface area contributed by atoms with Gasteiger partial charge < -0.3 is 19.4 Å². The average Bonchev–Trinajstić information content (AvgIpc) is 3.29. The minimum atomic E-state index is -0.459. The molecule has 8 heteroatoms. The lowest BCUT2D eigenvalue weighted by atomic mass is 9.82. The number of furan rings is 1. The van der Waals surface area contributed by atoms with Gasteiger partial charge in [0.05, 0.1) is 44.3 Å². The van der Waals surface area contributed by atoms with Crippen LogP contribution in [-0.2, 0) is 16.1 Å². The van der Waals surface area contributed by atoms with Gasteiger partial charge >= 0.3 is 0 Å². The molecule has 4 rings (SSSR count). The SMILES string of the molecule is O=C(NCc1ccco1)[C@@H]1COC[C@H]2CN(c3ncc(F)cn3)C[C@H]21. The van der Waals surface area contributed by atoms with Crippen molar-refractivity contribution in [1.29, 1.82) is 0 Å². The highest BCUT2D eigenvalue weighted by atomic mass is 19.1. The van der Waals surface area contributed by atoms with Gasteiger partial charge in [-0.05, 0) is 18.1 Å². The van der Waals surface area contributed by atoms with E-state index in [1.54, 1.807) is 12.3 Å². The largest absolute Gasteiger partial charge is 0.467 e. The average molecular weight is 346 g/mol. The van der Waals surface area contributed by atoms with Crippen molar-refractivity contribution in [3.8, 4) is 0 Å². The smallest absolute Gasteiger partial charge is 0.226 e. The van der Waals surface area contributed by atoms with E-state index in [4.69, 9.17) is 9.15 Å². The molecule has 0 spiro atoms. The first-order chi connectivity index (χ1) is 12.2. The Labute approximate surface area is 144 Å². The quantitative estimate of drug-likeness (QED) is 0.897. The summed E-state index contributed by atoms with van der Waals surface area (Å²) in [6.07, 6.45) is 3.90. The summed E-state index contributed by atoms with van der Waals surface area (Å²) in [5.74, 6) is 0.895. The zero-order valence-corrected chi connectivity index (χ0v) is 13.6. The summed E-state index contributed by atoms with van der Waals surface area (Å²) in [5.41, 5.74) is 0. The highest BCUT2D eigenvalue weighted by molar-refractivity contribution is 5.79. The Hall–Kier alpha value is -2.48. The molecule has 0 saturated carbocycles. The second-order valence-electron chi connectivity index (χ2n) is 6.47. The van der Waals surface area contributed by atoms with Crippen molar-refractivity contribution >= 4 is 11.9 Å². The van der Waals surface area contributed by atoms with Crippen LogP contribution in [0.2, 0.25) is 0 Å². The molecule has 0 unspecified atom stereocenters. The van der Waals surface area contributed by atoms with Crippen LogP contribution in [0.1, 0.15) is 5.76 Å². The van der Waals surface area contributed by atoms with Crippen molar-refractivity contribution in [3.05, 3.63) is 42.4 Å². The zero-order valence-electron chi connectivity index (χ0n) is 13.6. The highest BCUT2D eigenvalue weighted by Crippen LogP contribution is 2.35. The molecule has 1 N–H and O–H groups in total. The fraction of sp³-hybridized carbons (Fsp3) is 0.471. The lowest BCUT2D eigenvalue weighted by Gasteiger charge is -2.31. The van der Waals surface area contributed by atoms with E-state index in [2.05, 4.69) is 15.3 Å². The van der Waals surface area contributed by atoms with E-state index in [0.29, 0.717) is 38.8 Å². The number of carbonyl (C=O) groups is 1. The van der Waals surface area contributed by atoms with E-state index in [-0.39, 0.29) is 23.7 Å². The summed E-state index contributed by atoms with van der Waals surface area (Å²) >= 11 is 0. The minimum absolute atomic E-state index is 0.0343. The Morgan fingerprint density at radius 3 is 2.92 bits per heavy atom. The first kappa shape index (κ1) is 16.0. The number of anilines is 1. The predicted octanol–water partition coefficient (Wildman–Crippen LogP) is 1.22. The maximum absolute atomic E-state index is 13.0. The Kier molecular flexibility index (Phi) is 4.35. The second-order valence-corrected chi connectivity index (χ2v) is 6.47. The molecule has 3 atom stereocenters. The third kappa shape index (κ3) is 3.34. The molecule has 0 radical (unpaired) electrons. The standard InChI is InChI=1S/C17H19FN4O3/c18-12-4-20-17(21-5-12)22-7-11-9-24-10-15(14(11)8-22)16(23)19-6-13-2-1-3-25-13/h1-5,11,14-15H,6-10H2,(H,19,23)/t11-,14-,15-/m1/s1. The summed E-state index contributed by atoms with van der Waals surface area (Å²) in [6.45, 7) is 2.76. The van der Waals surface area contributed by atoms with Crippen LogP contribution in [0.4, 0.5) is 10.3 Å². The van der Waals surface area contributed by atoms with Crippen molar-refractivity contribution in [2.75, 3.05) is 31.2 Å². The van der Waals surface area contributed by atoms with Gasteiger partial charge in [-0.2, -0.15) is 0 Å². The van der Waals surface area contributed by atoms with Gasteiger partial charge in [-0.15, -0.1) is 0 Å². The Bertz CT molecular complexity index is 722. The number of hydrogen-bond donors (Lipinski definition) is 1. The van der Waals surface area contributed by atoms with Gasteiger partial charge in [0.2, 0.25) is 11.9 Å². The predicted molar refractivity (Wildman–Crippen MR) is 86.0 cm³/mol. The normalized spacial score (nSPS) is 25.6. The zero-order chi connectivity index (χ0) is 17.2. The van der Waals surface area contributed by atoms with Gasteiger partial charge in [0.1, 0.15) is 5.76 Å². The van der Waals surface area contributed by atoms with Crippen molar-refractivity contribution in [2.24, 2.45) is 17.8 Å². The van der Waals surface area contributed by atoms with Crippen LogP contribution < -0.4 is 10.2 Å². The molecule has 2 aliphatic rings. The van der Waals surface area contributed by atoms with Gasteiger partial charge in [0.25, 0.3) is 0 Å². The van der Waals surface area contributed by atoms with Crippen LogP contribution in [0.3, 0.4) is 0 Å². The molecule has 2 aromatic rings. The Morgan fingerprint density at radius 2 is 2.16 bits per heavy atom. The van der Waals surface area contributed by atoms with Gasteiger partial charge in [-0.1, -0.05) is 0 Å². The van der Waals surface area contributed by atoms with Crippen LogP contribution in [0.5, 0.6) is 0 Å². The molecule has 0 bridgehead atoms. The molecule has 7 nitrogen and oxygen atoms in total. The summed E-state index contributed by atoms with van der Waals surface area (Å²) in [7, 11) is 0. The molecule has 25 heavy (non-hydrogen) atoms. The molecule has 0 aliphatic carbocycles. The molecular formula is C17H19FN4O3. The number of nitrogens with one attached hydrogen (secondary N) is 1. The molecule has 2 aromatic heterocycles. The number of carbonyl (C=O) groups excluding carboxylic acids is 1. The maximum atomic E-state index is 13.0. The lowest BCUT2D eigenvalue weighted by molar-refractivity contribution is -0.133. The topological polar surface area (TPSA) is 80.5 Å². The van der Waals surface area contributed by atoms with E-state index >= 15 is 0 Å². The molecule has 2 saturated heterocycles.